The summed E-state index contributed by atoms with van der Waals surface area (Å²) in [6.07, 6.45) is -0.540. The summed E-state index contributed by atoms with van der Waals surface area (Å²) in [7, 11) is 0. The van der Waals surface area contributed by atoms with Gasteiger partial charge in [-0.05, 0) is 31.2 Å². The van der Waals surface area contributed by atoms with Gasteiger partial charge < -0.3 is 10.4 Å². The zero-order chi connectivity index (χ0) is 13.0. The Balaban J connectivity index is 2.01. The van der Waals surface area contributed by atoms with E-state index in [-0.39, 0.29) is 5.88 Å². The largest absolute Gasteiger partial charge is 0.390 e. The number of aromatic nitrogens is 3. The maximum Gasteiger partial charge on any atom is 0.181 e. The molecule has 1 aromatic carbocycles. The van der Waals surface area contributed by atoms with Crippen LogP contribution in [0.15, 0.2) is 24.3 Å². The van der Waals surface area contributed by atoms with E-state index < -0.39 is 6.10 Å². The van der Waals surface area contributed by atoms with E-state index in [2.05, 4.69) is 20.5 Å². The number of aryl methyl sites for hydroxylation is 1. The normalized spacial score (nSPS) is 12.4. The van der Waals surface area contributed by atoms with Crippen LogP contribution in [0.1, 0.15) is 5.82 Å². The zero-order valence-electron chi connectivity index (χ0n) is 10.0. The molecule has 1 heterocycles. The lowest BCUT2D eigenvalue weighted by atomic mass is 10.2. The van der Waals surface area contributed by atoms with Gasteiger partial charge in [0.1, 0.15) is 5.82 Å². The summed E-state index contributed by atoms with van der Waals surface area (Å²) in [5.41, 5.74) is 1.87. The average molecular weight is 267 g/mol. The Kier molecular flexibility index (Phi) is 4.17. The van der Waals surface area contributed by atoms with Gasteiger partial charge in [0.25, 0.3) is 0 Å². The summed E-state index contributed by atoms with van der Waals surface area (Å²) >= 11 is 5.52. The van der Waals surface area contributed by atoms with Crippen LogP contribution in [-0.2, 0) is 0 Å². The van der Waals surface area contributed by atoms with Gasteiger partial charge in [-0.25, -0.2) is 4.98 Å². The van der Waals surface area contributed by atoms with Gasteiger partial charge in [0.2, 0.25) is 0 Å². The minimum Gasteiger partial charge on any atom is -0.390 e. The lowest BCUT2D eigenvalue weighted by Gasteiger charge is -2.09. The van der Waals surface area contributed by atoms with Crippen LogP contribution in [0.2, 0.25) is 0 Å². The summed E-state index contributed by atoms with van der Waals surface area (Å²) in [5.74, 6) is 1.69. The molecule has 0 aliphatic heterocycles. The Labute approximate surface area is 110 Å². The van der Waals surface area contributed by atoms with Crippen molar-refractivity contribution in [2.45, 2.75) is 13.0 Å². The fourth-order valence-electron chi connectivity index (χ4n) is 1.50. The highest BCUT2D eigenvalue weighted by atomic mass is 35.5. The second-order valence-corrected chi connectivity index (χ2v) is 4.32. The van der Waals surface area contributed by atoms with E-state index in [0.717, 1.165) is 17.1 Å². The third-order valence-corrected chi connectivity index (χ3v) is 2.82. The highest BCUT2D eigenvalue weighted by Crippen LogP contribution is 2.17. The summed E-state index contributed by atoms with van der Waals surface area (Å²) in [6.45, 7) is 2.29. The van der Waals surface area contributed by atoms with Gasteiger partial charge in [-0.1, -0.05) is 0 Å². The van der Waals surface area contributed by atoms with Crippen LogP contribution >= 0.6 is 11.6 Å². The van der Waals surface area contributed by atoms with Crippen LogP contribution in [-0.4, -0.2) is 38.8 Å². The number of nitrogens with zero attached hydrogens (tertiary/aromatic N) is 2. The third kappa shape index (κ3) is 3.21. The van der Waals surface area contributed by atoms with E-state index in [4.69, 9.17) is 11.6 Å². The molecule has 18 heavy (non-hydrogen) atoms. The maximum atomic E-state index is 9.34. The van der Waals surface area contributed by atoms with Gasteiger partial charge in [-0.3, -0.25) is 5.10 Å². The van der Waals surface area contributed by atoms with Gasteiger partial charge in [0.15, 0.2) is 5.82 Å². The molecule has 0 radical (unpaired) electrons. The van der Waals surface area contributed by atoms with Crippen molar-refractivity contribution in [3.8, 4) is 11.4 Å². The highest BCUT2D eigenvalue weighted by molar-refractivity contribution is 6.18. The molecule has 0 spiro atoms. The number of aliphatic hydroxyl groups is 1. The van der Waals surface area contributed by atoms with Crippen molar-refractivity contribution in [1.29, 1.82) is 0 Å². The van der Waals surface area contributed by atoms with E-state index in [1.165, 1.54) is 0 Å². The van der Waals surface area contributed by atoms with Crippen LogP contribution in [0.4, 0.5) is 5.69 Å². The van der Waals surface area contributed by atoms with E-state index >= 15 is 0 Å². The SMILES string of the molecule is Cc1nc(-c2ccc(NCC(O)CCl)cc2)n[nH]1. The molecule has 0 aliphatic carbocycles. The number of halogens is 1. The number of nitrogens with one attached hydrogen (secondary N) is 2. The monoisotopic (exact) mass is 266 g/mol. The average Bonchev–Trinajstić information content (AvgIpc) is 2.83. The molecule has 0 bridgehead atoms. The number of rotatable bonds is 5. The molecule has 0 amide bonds. The second-order valence-electron chi connectivity index (χ2n) is 4.01. The van der Waals surface area contributed by atoms with Gasteiger partial charge in [-0.2, -0.15) is 5.10 Å². The molecule has 1 atom stereocenters. The first-order valence-electron chi connectivity index (χ1n) is 5.66. The van der Waals surface area contributed by atoms with Gasteiger partial charge >= 0.3 is 0 Å². The number of aliphatic hydroxyl groups excluding tert-OH is 1. The first kappa shape index (κ1) is 12.9. The molecular weight excluding hydrogens is 252 g/mol. The third-order valence-electron chi connectivity index (χ3n) is 2.46. The van der Waals surface area contributed by atoms with Crippen molar-refractivity contribution in [1.82, 2.24) is 15.2 Å². The van der Waals surface area contributed by atoms with Crippen LogP contribution in [0, 0.1) is 6.92 Å². The molecule has 96 valence electrons. The smallest absolute Gasteiger partial charge is 0.181 e. The Hall–Kier alpha value is -1.59. The zero-order valence-corrected chi connectivity index (χ0v) is 10.8. The van der Waals surface area contributed by atoms with Gasteiger partial charge in [0, 0.05) is 17.8 Å². The fourth-order valence-corrected chi connectivity index (χ4v) is 1.61. The first-order chi connectivity index (χ1) is 8.69. The number of hydrogen-bond donors (Lipinski definition) is 3. The Morgan fingerprint density at radius 3 is 2.67 bits per heavy atom. The van der Waals surface area contributed by atoms with Crippen molar-refractivity contribution >= 4 is 17.3 Å². The molecule has 1 unspecified atom stereocenters. The van der Waals surface area contributed by atoms with E-state index in [1.807, 2.05) is 31.2 Å². The van der Waals surface area contributed by atoms with Crippen molar-refractivity contribution in [2.75, 3.05) is 17.7 Å². The number of anilines is 1. The molecule has 0 aliphatic rings. The lowest BCUT2D eigenvalue weighted by Crippen LogP contribution is -2.20. The number of benzene rings is 1. The van der Waals surface area contributed by atoms with Crippen LogP contribution in [0.3, 0.4) is 0 Å². The van der Waals surface area contributed by atoms with Crippen LogP contribution in [0.25, 0.3) is 11.4 Å². The summed E-state index contributed by atoms with van der Waals surface area (Å²) in [6, 6.07) is 7.69. The molecule has 0 fully saturated rings. The van der Waals surface area contributed by atoms with Crippen molar-refractivity contribution in [3.63, 3.8) is 0 Å². The first-order valence-corrected chi connectivity index (χ1v) is 6.20. The predicted molar refractivity (Wildman–Crippen MR) is 71.8 cm³/mol. The minimum absolute atomic E-state index is 0.224. The lowest BCUT2D eigenvalue weighted by molar-refractivity contribution is 0.211. The van der Waals surface area contributed by atoms with Crippen molar-refractivity contribution < 1.29 is 5.11 Å². The molecule has 2 aromatic rings. The van der Waals surface area contributed by atoms with E-state index in [9.17, 15) is 5.11 Å². The molecule has 2 rings (SSSR count). The highest BCUT2D eigenvalue weighted by Gasteiger charge is 2.04. The summed E-state index contributed by atoms with van der Waals surface area (Å²) in [5, 5.41) is 19.3. The van der Waals surface area contributed by atoms with Gasteiger partial charge in [0.05, 0.1) is 12.0 Å². The number of aromatic amines is 1. The molecule has 1 aromatic heterocycles. The maximum absolute atomic E-state index is 9.34. The minimum atomic E-state index is -0.540. The molecule has 6 heteroatoms. The number of H-pyrrole nitrogens is 1. The van der Waals surface area contributed by atoms with Crippen LogP contribution in [0.5, 0.6) is 0 Å². The second kappa shape index (κ2) is 5.84. The Bertz CT molecular complexity index is 497. The van der Waals surface area contributed by atoms with E-state index in [0.29, 0.717) is 12.4 Å². The molecule has 5 nitrogen and oxygen atoms in total. The predicted octanol–water partition coefficient (Wildman–Crippen LogP) is 1.79. The topological polar surface area (TPSA) is 73.8 Å². The fraction of sp³-hybridized carbons (Fsp3) is 0.333. The molecular formula is C12H15ClN4O. The van der Waals surface area contributed by atoms with Gasteiger partial charge in [-0.15, -0.1) is 11.6 Å². The Morgan fingerprint density at radius 1 is 1.39 bits per heavy atom. The van der Waals surface area contributed by atoms with Crippen molar-refractivity contribution in [3.05, 3.63) is 30.1 Å². The molecule has 0 saturated heterocycles. The van der Waals surface area contributed by atoms with Crippen LogP contribution < -0.4 is 5.32 Å². The quantitative estimate of drug-likeness (QED) is 0.722. The number of alkyl halides is 1. The van der Waals surface area contributed by atoms with E-state index in [1.54, 1.807) is 0 Å². The number of hydrogen-bond acceptors (Lipinski definition) is 4. The summed E-state index contributed by atoms with van der Waals surface area (Å²) in [4.78, 5) is 4.25. The molecule has 3 N–H and O–H groups in total. The Morgan fingerprint density at radius 2 is 2.11 bits per heavy atom. The van der Waals surface area contributed by atoms with Crippen molar-refractivity contribution in [2.24, 2.45) is 0 Å². The standard InChI is InChI=1S/C12H15ClN4O/c1-8-15-12(17-16-8)9-2-4-10(5-3-9)14-7-11(18)6-13/h2-5,11,14,18H,6-7H2,1H3,(H,15,16,17). The summed E-state index contributed by atoms with van der Waals surface area (Å²) < 4.78 is 0. The molecule has 0 saturated carbocycles.